The van der Waals surface area contributed by atoms with Gasteiger partial charge in [-0.05, 0) is 35.0 Å². The molecule has 2 rings (SSSR count). The standard InChI is InChI=1S/C11H13BrN2O/c12-9-7-14(6-2-5-13)11-8(9)3-1-4-10(11)15/h1,3-4,7,15H,2,5-6,13H2. The fraction of sp³-hybridized carbons (Fsp3) is 0.273. The van der Waals surface area contributed by atoms with Gasteiger partial charge in [0, 0.05) is 22.6 Å². The molecule has 0 bridgehead atoms. The number of nitrogens with two attached hydrogens (primary N) is 1. The predicted molar refractivity (Wildman–Crippen MR) is 65.0 cm³/mol. The maximum absolute atomic E-state index is 9.79. The van der Waals surface area contributed by atoms with E-state index < -0.39 is 0 Å². The molecule has 0 fully saturated rings. The second kappa shape index (κ2) is 4.24. The van der Waals surface area contributed by atoms with Crippen molar-refractivity contribution in [2.45, 2.75) is 13.0 Å². The van der Waals surface area contributed by atoms with Gasteiger partial charge in [0.1, 0.15) is 5.75 Å². The SMILES string of the molecule is NCCCn1cc(Br)c2cccc(O)c21. The largest absolute Gasteiger partial charge is 0.506 e. The molecule has 0 radical (unpaired) electrons. The lowest BCUT2D eigenvalue weighted by Crippen LogP contribution is -2.04. The minimum atomic E-state index is 0.315. The van der Waals surface area contributed by atoms with Crippen molar-refractivity contribution >= 4 is 26.8 Å². The van der Waals surface area contributed by atoms with Crippen molar-refractivity contribution in [3.05, 3.63) is 28.9 Å². The Hall–Kier alpha value is -1.00. The summed E-state index contributed by atoms with van der Waals surface area (Å²) in [4.78, 5) is 0. The molecule has 0 saturated carbocycles. The number of phenolic OH excluding ortho intramolecular Hbond substituents is 1. The number of halogens is 1. The van der Waals surface area contributed by atoms with E-state index in [2.05, 4.69) is 15.9 Å². The van der Waals surface area contributed by atoms with Crippen LogP contribution in [0.2, 0.25) is 0 Å². The topological polar surface area (TPSA) is 51.2 Å². The van der Waals surface area contributed by atoms with E-state index >= 15 is 0 Å². The van der Waals surface area contributed by atoms with Gasteiger partial charge in [-0.3, -0.25) is 0 Å². The number of hydrogen-bond donors (Lipinski definition) is 2. The Morgan fingerprint density at radius 2 is 2.20 bits per heavy atom. The molecule has 1 aromatic heterocycles. The molecular weight excluding hydrogens is 256 g/mol. The first kappa shape index (κ1) is 10.5. The first-order valence-corrected chi connectivity index (χ1v) is 5.69. The van der Waals surface area contributed by atoms with Crippen molar-refractivity contribution in [2.75, 3.05) is 6.54 Å². The normalized spacial score (nSPS) is 11.1. The summed E-state index contributed by atoms with van der Waals surface area (Å²) >= 11 is 3.48. The molecule has 0 unspecified atom stereocenters. The number of aryl methyl sites for hydroxylation is 1. The van der Waals surface area contributed by atoms with E-state index in [4.69, 9.17) is 5.73 Å². The van der Waals surface area contributed by atoms with E-state index in [9.17, 15) is 5.11 Å². The molecule has 1 aromatic carbocycles. The van der Waals surface area contributed by atoms with Crippen LogP contribution in [0.25, 0.3) is 10.9 Å². The van der Waals surface area contributed by atoms with Gasteiger partial charge in [-0.2, -0.15) is 0 Å². The zero-order chi connectivity index (χ0) is 10.8. The van der Waals surface area contributed by atoms with Crippen LogP contribution < -0.4 is 5.73 Å². The minimum Gasteiger partial charge on any atom is -0.506 e. The van der Waals surface area contributed by atoms with E-state index in [1.54, 1.807) is 6.07 Å². The maximum atomic E-state index is 9.79. The summed E-state index contributed by atoms with van der Waals surface area (Å²) in [5, 5.41) is 10.8. The van der Waals surface area contributed by atoms with E-state index in [0.717, 1.165) is 28.3 Å². The number of hydrogen-bond acceptors (Lipinski definition) is 2. The lowest BCUT2D eigenvalue weighted by molar-refractivity contribution is 0.477. The lowest BCUT2D eigenvalue weighted by Gasteiger charge is -2.04. The van der Waals surface area contributed by atoms with Crippen molar-refractivity contribution in [1.29, 1.82) is 0 Å². The number of phenols is 1. The maximum Gasteiger partial charge on any atom is 0.139 e. The summed E-state index contributed by atoms with van der Waals surface area (Å²) in [5.41, 5.74) is 6.35. The van der Waals surface area contributed by atoms with Gasteiger partial charge in [0.2, 0.25) is 0 Å². The molecule has 0 aliphatic heterocycles. The first-order chi connectivity index (χ1) is 7.24. The van der Waals surface area contributed by atoms with Gasteiger partial charge in [0.15, 0.2) is 0 Å². The molecule has 3 nitrogen and oxygen atoms in total. The third kappa shape index (κ3) is 1.87. The van der Waals surface area contributed by atoms with Crippen LogP contribution in [0, 0.1) is 0 Å². The molecule has 4 heteroatoms. The number of benzene rings is 1. The van der Waals surface area contributed by atoms with Gasteiger partial charge in [-0.15, -0.1) is 0 Å². The van der Waals surface area contributed by atoms with Gasteiger partial charge in [0.25, 0.3) is 0 Å². The number of aromatic hydroxyl groups is 1. The van der Waals surface area contributed by atoms with Gasteiger partial charge in [0.05, 0.1) is 5.52 Å². The van der Waals surface area contributed by atoms with Gasteiger partial charge < -0.3 is 15.4 Å². The Balaban J connectivity index is 2.54. The summed E-state index contributed by atoms with van der Waals surface area (Å²) in [5.74, 6) is 0.315. The monoisotopic (exact) mass is 268 g/mol. The van der Waals surface area contributed by atoms with Gasteiger partial charge in [-0.1, -0.05) is 12.1 Å². The Labute approximate surface area is 96.6 Å². The molecule has 0 spiro atoms. The highest BCUT2D eigenvalue weighted by molar-refractivity contribution is 9.10. The third-order valence-corrected chi connectivity index (χ3v) is 3.06. The van der Waals surface area contributed by atoms with Crippen molar-refractivity contribution in [3.8, 4) is 5.75 Å². The van der Waals surface area contributed by atoms with E-state index in [1.807, 2.05) is 22.9 Å². The zero-order valence-electron chi connectivity index (χ0n) is 8.28. The van der Waals surface area contributed by atoms with E-state index in [-0.39, 0.29) is 0 Å². The molecule has 0 atom stereocenters. The highest BCUT2D eigenvalue weighted by Gasteiger charge is 2.09. The van der Waals surface area contributed by atoms with Gasteiger partial charge >= 0.3 is 0 Å². The third-order valence-electron chi connectivity index (χ3n) is 2.43. The van der Waals surface area contributed by atoms with Crippen LogP contribution in [0.3, 0.4) is 0 Å². The predicted octanol–water partition coefficient (Wildman–Crippen LogP) is 2.46. The summed E-state index contributed by atoms with van der Waals surface area (Å²) in [6, 6.07) is 5.53. The molecule has 2 aromatic rings. The van der Waals surface area contributed by atoms with Crippen LogP contribution in [0.1, 0.15) is 6.42 Å². The first-order valence-electron chi connectivity index (χ1n) is 4.90. The smallest absolute Gasteiger partial charge is 0.139 e. The van der Waals surface area contributed by atoms with Crippen molar-refractivity contribution in [2.24, 2.45) is 5.73 Å². The molecule has 3 N–H and O–H groups in total. The highest BCUT2D eigenvalue weighted by Crippen LogP contribution is 2.32. The Morgan fingerprint density at radius 1 is 1.40 bits per heavy atom. The quantitative estimate of drug-likeness (QED) is 0.899. The number of nitrogens with zero attached hydrogens (tertiary/aromatic N) is 1. The molecule has 15 heavy (non-hydrogen) atoms. The summed E-state index contributed by atoms with van der Waals surface area (Å²) in [7, 11) is 0. The van der Waals surface area contributed by atoms with Crippen LogP contribution in [-0.4, -0.2) is 16.2 Å². The number of fused-ring (bicyclic) bond motifs is 1. The van der Waals surface area contributed by atoms with E-state index in [0.29, 0.717) is 12.3 Å². The van der Waals surface area contributed by atoms with E-state index in [1.165, 1.54) is 0 Å². The highest BCUT2D eigenvalue weighted by atomic mass is 79.9. The Morgan fingerprint density at radius 3 is 2.93 bits per heavy atom. The van der Waals surface area contributed by atoms with Crippen LogP contribution in [-0.2, 0) is 6.54 Å². The molecule has 0 amide bonds. The molecule has 0 saturated heterocycles. The lowest BCUT2D eigenvalue weighted by atomic mass is 10.2. The van der Waals surface area contributed by atoms with Crippen LogP contribution in [0.4, 0.5) is 0 Å². The van der Waals surface area contributed by atoms with Gasteiger partial charge in [-0.25, -0.2) is 0 Å². The zero-order valence-corrected chi connectivity index (χ0v) is 9.87. The Kier molecular flexibility index (Phi) is 2.98. The van der Waals surface area contributed by atoms with Crippen LogP contribution in [0.15, 0.2) is 28.9 Å². The average molecular weight is 269 g/mol. The number of aromatic nitrogens is 1. The second-order valence-electron chi connectivity index (χ2n) is 3.49. The second-order valence-corrected chi connectivity index (χ2v) is 4.34. The molecule has 80 valence electrons. The van der Waals surface area contributed by atoms with Crippen LogP contribution in [0.5, 0.6) is 5.75 Å². The minimum absolute atomic E-state index is 0.315. The Bertz CT molecular complexity index is 479. The fourth-order valence-electron chi connectivity index (χ4n) is 1.73. The average Bonchev–Trinajstić information content (AvgIpc) is 2.55. The number of para-hydroxylation sites is 1. The van der Waals surface area contributed by atoms with Crippen molar-refractivity contribution in [3.63, 3.8) is 0 Å². The molecule has 1 heterocycles. The van der Waals surface area contributed by atoms with Crippen molar-refractivity contribution < 1.29 is 5.11 Å². The fourth-order valence-corrected chi connectivity index (χ4v) is 2.30. The van der Waals surface area contributed by atoms with Crippen molar-refractivity contribution in [1.82, 2.24) is 4.57 Å². The molecule has 0 aliphatic rings. The molecular formula is C11H13BrN2O. The summed E-state index contributed by atoms with van der Waals surface area (Å²) in [6.45, 7) is 1.49. The molecule has 0 aliphatic carbocycles. The van der Waals surface area contributed by atoms with Crippen LogP contribution >= 0.6 is 15.9 Å². The number of rotatable bonds is 3. The summed E-state index contributed by atoms with van der Waals surface area (Å²) in [6.07, 6.45) is 2.89. The summed E-state index contributed by atoms with van der Waals surface area (Å²) < 4.78 is 3.03.